The molecule has 0 aliphatic carbocycles. The molecule has 1 rings (SSSR count). The van der Waals surface area contributed by atoms with Crippen LogP contribution in [0, 0.1) is 5.92 Å². The highest BCUT2D eigenvalue weighted by atomic mass is 16.6. The molecule has 342 valence electrons. The van der Waals surface area contributed by atoms with Crippen LogP contribution in [0.2, 0.25) is 0 Å². The van der Waals surface area contributed by atoms with Gasteiger partial charge in [-0.25, -0.2) is 0 Å². The molecule has 0 aromatic rings. The number of amides is 3. The lowest BCUT2D eigenvalue weighted by atomic mass is 9.80. The number of carbonyl (C=O) groups is 3. The Morgan fingerprint density at radius 1 is 0.621 bits per heavy atom. The zero-order valence-corrected chi connectivity index (χ0v) is 37.5. The summed E-state index contributed by atoms with van der Waals surface area (Å²) in [6, 6.07) is -1.11. The van der Waals surface area contributed by atoms with Gasteiger partial charge in [0.1, 0.15) is 12.2 Å². The number of aliphatic hydroxyl groups excluding tert-OH is 3. The highest BCUT2D eigenvalue weighted by Gasteiger charge is 2.53. The molecule has 1 aliphatic heterocycles. The van der Waals surface area contributed by atoms with Crippen LogP contribution in [0.15, 0.2) is 0 Å². The van der Waals surface area contributed by atoms with Gasteiger partial charge in [-0.2, -0.15) is 0 Å². The van der Waals surface area contributed by atoms with E-state index in [1.165, 1.54) is 148 Å². The van der Waals surface area contributed by atoms with Gasteiger partial charge in [-0.15, -0.1) is 0 Å². The van der Waals surface area contributed by atoms with Gasteiger partial charge in [0.25, 0.3) is 0 Å². The van der Waals surface area contributed by atoms with Crippen molar-refractivity contribution in [3.05, 3.63) is 0 Å². The summed E-state index contributed by atoms with van der Waals surface area (Å²) in [5.74, 6) is -2.45. The van der Waals surface area contributed by atoms with Crippen LogP contribution in [0.4, 0.5) is 0 Å². The van der Waals surface area contributed by atoms with E-state index in [0.717, 1.165) is 38.5 Å². The number of unbranched alkanes of at least 4 members (excludes halogenated alkanes) is 28. The van der Waals surface area contributed by atoms with Crippen molar-refractivity contribution < 1.29 is 34.4 Å². The van der Waals surface area contributed by atoms with E-state index < -0.39 is 54.4 Å². The molecule has 6 atom stereocenters. The third kappa shape index (κ3) is 25.7. The molecule has 0 aromatic heterocycles. The molecule has 58 heavy (non-hydrogen) atoms. The van der Waals surface area contributed by atoms with Gasteiger partial charge in [0.15, 0.2) is 5.72 Å². The monoisotopic (exact) mass is 825 g/mol. The largest absolute Gasteiger partial charge is 0.394 e. The average Bonchev–Trinajstić information content (AvgIpc) is 3.20. The molecule has 0 spiro atoms. The van der Waals surface area contributed by atoms with Crippen LogP contribution in [0.3, 0.4) is 0 Å². The maximum atomic E-state index is 14.1. The van der Waals surface area contributed by atoms with Crippen LogP contribution in [0.25, 0.3) is 0 Å². The fourth-order valence-electron chi connectivity index (χ4n) is 8.46. The van der Waals surface area contributed by atoms with Crippen LogP contribution in [-0.4, -0.2) is 76.3 Å². The second kappa shape index (κ2) is 35.9. The number of nitrogens with two attached hydrogens (primary N) is 2. The van der Waals surface area contributed by atoms with Crippen molar-refractivity contribution >= 4 is 17.7 Å². The summed E-state index contributed by atoms with van der Waals surface area (Å²) in [5, 5.41) is 37.6. The normalized spacial score (nSPS) is 20.5. The molecule has 1 unspecified atom stereocenters. The van der Waals surface area contributed by atoms with Gasteiger partial charge >= 0.3 is 0 Å². The molecule has 9 N–H and O–H groups in total. The first-order valence-electron chi connectivity index (χ1n) is 24.4. The van der Waals surface area contributed by atoms with Crippen LogP contribution < -0.4 is 22.1 Å². The second-order valence-corrected chi connectivity index (χ2v) is 17.6. The summed E-state index contributed by atoms with van der Waals surface area (Å²) in [7, 11) is 0. The fourth-order valence-corrected chi connectivity index (χ4v) is 8.46. The number of primary amides is 1. The minimum Gasteiger partial charge on any atom is -0.394 e. The first-order valence-corrected chi connectivity index (χ1v) is 24.4. The average molecular weight is 825 g/mol. The molecule has 1 aliphatic rings. The van der Waals surface area contributed by atoms with Crippen LogP contribution in [-0.2, 0) is 19.1 Å². The smallest absolute Gasteiger partial charge is 0.239 e. The Morgan fingerprint density at radius 2 is 1.02 bits per heavy atom. The van der Waals surface area contributed by atoms with Gasteiger partial charge in [0.05, 0.1) is 24.7 Å². The van der Waals surface area contributed by atoms with E-state index in [4.69, 9.17) is 16.2 Å². The molecule has 0 aromatic carbocycles. The van der Waals surface area contributed by atoms with Crippen LogP contribution >= 0.6 is 0 Å². The second-order valence-electron chi connectivity index (χ2n) is 17.6. The fraction of sp³-hybridized carbons (Fsp3) is 0.936. The summed E-state index contributed by atoms with van der Waals surface area (Å²) in [4.78, 5) is 39.0. The standard InChI is InChI=1S/C47H92N4O7/c1-3-5-7-9-11-13-15-17-19-20-22-24-26-28-30-32-36-50-45(56)39(33-31-29-27-25-23-21-18-16-14-12-10-8-6-4-2)47(37-41(53)44(55)42(38-52)58-47)51-46(57)40(48)34-35-43(49)54/h39-42,44,52-53,55H,3-38,48H2,1-2H3,(H2,49,54)(H,50,56)(H,51,57)/t39?,40-,41+,42+,44-,47-/m0/s1. The van der Waals surface area contributed by atoms with Crippen molar-refractivity contribution in [2.45, 2.75) is 262 Å². The number of nitrogens with one attached hydrogen (secondary N) is 2. The van der Waals surface area contributed by atoms with E-state index in [9.17, 15) is 29.7 Å². The summed E-state index contributed by atoms with van der Waals surface area (Å²) in [5.41, 5.74) is 9.72. The Balaban J connectivity index is 2.71. The first-order chi connectivity index (χ1) is 28.1. The molecular formula is C47H92N4O7. The number of aliphatic hydroxyl groups is 3. The van der Waals surface area contributed by atoms with Crippen molar-refractivity contribution in [3.8, 4) is 0 Å². The van der Waals surface area contributed by atoms with E-state index in [1.54, 1.807) is 0 Å². The molecule has 0 radical (unpaired) electrons. The highest BCUT2D eigenvalue weighted by molar-refractivity contribution is 5.85. The number of rotatable bonds is 40. The van der Waals surface area contributed by atoms with E-state index in [1.807, 2.05) is 0 Å². The Morgan fingerprint density at radius 3 is 1.41 bits per heavy atom. The predicted octanol–water partition coefficient (Wildman–Crippen LogP) is 8.76. The van der Waals surface area contributed by atoms with Crippen molar-refractivity contribution in [2.24, 2.45) is 17.4 Å². The molecule has 1 fully saturated rings. The molecule has 1 heterocycles. The minimum atomic E-state index is -1.72. The number of ether oxygens (including phenoxy) is 1. The number of carbonyl (C=O) groups excluding carboxylic acids is 3. The number of hydrogen-bond donors (Lipinski definition) is 7. The minimum absolute atomic E-state index is 0.000923. The third-order valence-corrected chi connectivity index (χ3v) is 12.3. The zero-order chi connectivity index (χ0) is 42.7. The Labute approximate surface area is 354 Å². The van der Waals surface area contributed by atoms with Gasteiger partial charge < -0.3 is 42.2 Å². The lowest BCUT2D eigenvalue weighted by Crippen LogP contribution is -2.69. The third-order valence-electron chi connectivity index (χ3n) is 12.3. The van der Waals surface area contributed by atoms with E-state index >= 15 is 0 Å². The summed E-state index contributed by atoms with van der Waals surface area (Å²) in [6.07, 6.45) is 33.1. The molecular weight excluding hydrogens is 733 g/mol. The van der Waals surface area contributed by atoms with Crippen LogP contribution in [0.5, 0.6) is 0 Å². The maximum Gasteiger partial charge on any atom is 0.239 e. The van der Waals surface area contributed by atoms with Gasteiger partial charge in [-0.05, 0) is 19.3 Å². The molecule has 3 amide bonds. The van der Waals surface area contributed by atoms with Gasteiger partial charge in [-0.1, -0.05) is 200 Å². The first kappa shape index (κ1) is 54.2. The predicted molar refractivity (Wildman–Crippen MR) is 237 cm³/mol. The summed E-state index contributed by atoms with van der Waals surface area (Å²) < 4.78 is 6.24. The molecule has 0 bridgehead atoms. The quantitative estimate of drug-likeness (QED) is 0.0298. The lowest BCUT2D eigenvalue weighted by Gasteiger charge is -2.49. The Bertz CT molecular complexity index is 1020. The molecule has 11 heteroatoms. The van der Waals surface area contributed by atoms with Crippen molar-refractivity contribution in [1.29, 1.82) is 0 Å². The molecule has 0 saturated carbocycles. The lowest BCUT2D eigenvalue weighted by molar-refractivity contribution is -0.250. The highest BCUT2D eigenvalue weighted by Crippen LogP contribution is 2.37. The van der Waals surface area contributed by atoms with Crippen molar-refractivity contribution in [1.82, 2.24) is 10.6 Å². The van der Waals surface area contributed by atoms with Gasteiger partial charge in [0, 0.05) is 19.4 Å². The SMILES string of the molecule is CCCCCCCCCCCCCCCCCCNC(=O)C(CCCCCCCCCCCCCCCC)[C@]1(NC(=O)[C@@H](N)CCC(N)=O)C[C@@H](O)[C@H](O)[C@@H](CO)O1. The van der Waals surface area contributed by atoms with Gasteiger partial charge in [-0.3, -0.25) is 14.4 Å². The van der Waals surface area contributed by atoms with Crippen LogP contribution in [0.1, 0.15) is 232 Å². The van der Waals surface area contributed by atoms with E-state index in [0.29, 0.717) is 19.4 Å². The van der Waals surface area contributed by atoms with E-state index in [-0.39, 0.29) is 25.2 Å². The summed E-state index contributed by atoms with van der Waals surface area (Å²) >= 11 is 0. The molecule has 1 saturated heterocycles. The molecule has 11 nitrogen and oxygen atoms in total. The topological polar surface area (TPSA) is 197 Å². The van der Waals surface area contributed by atoms with E-state index in [2.05, 4.69) is 24.5 Å². The maximum absolute atomic E-state index is 14.1. The summed E-state index contributed by atoms with van der Waals surface area (Å²) in [6.45, 7) is 4.37. The van der Waals surface area contributed by atoms with Crippen molar-refractivity contribution in [3.63, 3.8) is 0 Å². The Hall–Kier alpha value is -1.79. The zero-order valence-electron chi connectivity index (χ0n) is 37.5. The number of hydrogen-bond acceptors (Lipinski definition) is 8. The van der Waals surface area contributed by atoms with Crippen molar-refractivity contribution in [2.75, 3.05) is 13.2 Å². The van der Waals surface area contributed by atoms with Gasteiger partial charge in [0.2, 0.25) is 17.7 Å². The Kier molecular flexibility index (Phi) is 33.6.